The van der Waals surface area contributed by atoms with Crippen molar-refractivity contribution in [2.75, 3.05) is 50.0 Å². The number of ether oxygens (including phenoxy) is 2. The number of imidazole rings is 2. The van der Waals surface area contributed by atoms with E-state index in [0.717, 1.165) is 25.9 Å². The molecule has 1 fully saturated rings. The highest BCUT2D eigenvalue weighted by atomic mass is 16.5. The normalized spacial score (nSPS) is 14.7. The maximum atomic E-state index is 13.9. The Bertz CT molecular complexity index is 2810. The highest BCUT2D eigenvalue weighted by Crippen LogP contribution is 2.39. The van der Waals surface area contributed by atoms with Crippen LogP contribution in [0.2, 0.25) is 0 Å². The number of carbonyl (C=O) groups is 5. The van der Waals surface area contributed by atoms with Gasteiger partial charge in [0.25, 0.3) is 11.8 Å². The maximum absolute atomic E-state index is 13.9. The van der Waals surface area contributed by atoms with Gasteiger partial charge in [0.1, 0.15) is 40.5 Å². The molecule has 7 N–H and O–H groups in total. The van der Waals surface area contributed by atoms with E-state index in [9.17, 15) is 24.0 Å². The molecule has 5 amide bonds. The Hall–Kier alpha value is -7.29. The molecule has 8 rings (SSSR count). The number of carbonyl (C=O) groups excluding carboxylic acids is 5. The summed E-state index contributed by atoms with van der Waals surface area (Å²) in [5.74, 6) is -1.02. The number of nitrogens with zero attached hydrogens (tertiary/aromatic N) is 9. The predicted molar refractivity (Wildman–Crippen MR) is 240 cm³/mol. The van der Waals surface area contributed by atoms with Gasteiger partial charge in [0.05, 0.1) is 41.6 Å². The van der Waals surface area contributed by atoms with Crippen molar-refractivity contribution in [1.82, 2.24) is 48.9 Å². The standard InChI is InChI=1S/C44H54N14O7/c1-5-56-32(17-25(3)52-56)41(62)50-43-48-30-19-27(39(45)60)21-34(64-16-10-12-47-36(59)23-54-13-7-8-14-54)37(30)55(43)15-9-11-29-24-65-35-22-28(40(46)61)20-31-38(35)58(29)44(49-31)51-42(63)33-18-26(4)53-57(33)6-2/h17-22,29H,5-16,23-24H2,1-4H3,(H2,45,60)(H2,46,61)(H,47,59)(H,48,50,62)(H,49,51,63)/t29-/m0/s1. The summed E-state index contributed by atoms with van der Waals surface area (Å²) >= 11 is 0. The molecule has 6 heterocycles. The summed E-state index contributed by atoms with van der Waals surface area (Å²) in [7, 11) is 0. The number of nitrogens with two attached hydrogens (primary N) is 2. The number of primary amides is 2. The fourth-order valence-electron chi connectivity index (χ4n) is 8.60. The number of anilines is 2. The lowest BCUT2D eigenvalue weighted by Gasteiger charge is -2.27. The molecular formula is C44H54N14O7. The van der Waals surface area contributed by atoms with Crippen molar-refractivity contribution in [3.63, 3.8) is 0 Å². The van der Waals surface area contributed by atoms with E-state index in [-0.39, 0.29) is 48.2 Å². The van der Waals surface area contributed by atoms with Gasteiger partial charge in [0.15, 0.2) is 0 Å². The minimum atomic E-state index is -0.683. The highest BCUT2D eigenvalue weighted by molar-refractivity contribution is 6.05. The van der Waals surface area contributed by atoms with Crippen molar-refractivity contribution in [3.8, 4) is 11.5 Å². The van der Waals surface area contributed by atoms with Crippen LogP contribution in [0.1, 0.15) is 105 Å². The summed E-state index contributed by atoms with van der Waals surface area (Å²) < 4.78 is 19.5. The highest BCUT2D eigenvalue weighted by Gasteiger charge is 2.30. The number of rotatable bonds is 19. The molecule has 1 saturated heterocycles. The first-order valence-corrected chi connectivity index (χ1v) is 22.0. The Morgan fingerprint density at radius 1 is 0.785 bits per heavy atom. The largest absolute Gasteiger partial charge is 0.491 e. The van der Waals surface area contributed by atoms with E-state index in [1.165, 1.54) is 0 Å². The van der Waals surface area contributed by atoms with Gasteiger partial charge in [0, 0.05) is 37.3 Å². The summed E-state index contributed by atoms with van der Waals surface area (Å²) in [5.41, 5.74) is 15.8. The number of nitrogens with one attached hydrogen (secondary N) is 3. The second-order valence-corrected chi connectivity index (χ2v) is 16.3. The fourth-order valence-corrected chi connectivity index (χ4v) is 8.60. The minimum Gasteiger partial charge on any atom is -0.491 e. The molecule has 4 aromatic heterocycles. The van der Waals surface area contributed by atoms with E-state index in [1.54, 1.807) is 45.8 Å². The first-order chi connectivity index (χ1) is 31.3. The van der Waals surface area contributed by atoms with Gasteiger partial charge in [-0.1, -0.05) is 0 Å². The molecule has 2 aliphatic rings. The van der Waals surface area contributed by atoms with Crippen molar-refractivity contribution >= 4 is 63.5 Å². The summed E-state index contributed by atoms with van der Waals surface area (Å²) in [5, 5.41) is 17.8. The van der Waals surface area contributed by atoms with E-state index < -0.39 is 23.6 Å². The van der Waals surface area contributed by atoms with Crippen LogP contribution in [0.4, 0.5) is 11.9 Å². The van der Waals surface area contributed by atoms with Crippen molar-refractivity contribution < 1.29 is 33.4 Å². The van der Waals surface area contributed by atoms with Crippen LogP contribution in [0.5, 0.6) is 11.5 Å². The van der Waals surface area contributed by atoms with Crippen molar-refractivity contribution in [3.05, 3.63) is 70.3 Å². The monoisotopic (exact) mass is 890 g/mol. The first-order valence-electron chi connectivity index (χ1n) is 22.0. The molecule has 2 aromatic carbocycles. The lowest BCUT2D eigenvalue weighted by atomic mass is 10.1. The number of fused-ring (bicyclic) bond motifs is 1. The van der Waals surface area contributed by atoms with Crippen LogP contribution in [0.3, 0.4) is 0 Å². The summed E-state index contributed by atoms with van der Waals surface area (Å²) in [6.07, 6.45) is 3.64. The van der Waals surface area contributed by atoms with Crippen molar-refractivity contribution in [2.24, 2.45) is 11.5 Å². The van der Waals surface area contributed by atoms with E-state index in [0.29, 0.717) is 108 Å². The first kappa shape index (κ1) is 44.3. The molecule has 6 aromatic rings. The van der Waals surface area contributed by atoms with Gasteiger partial charge < -0.3 is 35.4 Å². The average molecular weight is 891 g/mol. The van der Waals surface area contributed by atoms with Crippen LogP contribution in [0.15, 0.2) is 36.4 Å². The number of benzene rings is 2. The molecule has 342 valence electrons. The smallest absolute Gasteiger partial charge is 0.276 e. The zero-order valence-electron chi connectivity index (χ0n) is 37.0. The maximum Gasteiger partial charge on any atom is 0.276 e. The van der Waals surface area contributed by atoms with Gasteiger partial charge in [0.2, 0.25) is 29.6 Å². The lowest BCUT2D eigenvalue weighted by Crippen LogP contribution is -2.36. The molecule has 21 nitrogen and oxygen atoms in total. The lowest BCUT2D eigenvalue weighted by molar-refractivity contribution is -0.122. The summed E-state index contributed by atoms with van der Waals surface area (Å²) in [4.78, 5) is 76.8. The molecule has 21 heteroatoms. The molecule has 0 aliphatic carbocycles. The van der Waals surface area contributed by atoms with Crippen molar-refractivity contribution in [1.29, 1.82) is 0 Å². The fraction of sp³-hybridized carbons (Fsp3) is 0.432. The Morgan fingerprint density at radius 2 is 1.38 bits per heavy atom. The quantitative estimate of drug-likeness (QED) is 0.0732. The molecule has 0 bridgehead atoms. The Balaban J connectivity index is 1.09. The van der Waals surface area contributed by atoms with E-state index in [2.05, 4.69) is 31.0 Å². The van der Waals surface area contributed by atoms with Gasteiger partial charge >= 0.3 is 0 Å². The average Bonchev–Trinajstić information content (AvgIpc) is 4.13. The zero-order chi connectivity index (χ0) is 45.9. The van der Waals surface area contributed by atoms with Crippen molar-refractivity contribution in [2.45, 2.75) is 85.5 Å². The summed E-state index contributed by atoms with van der Waals surface area (Å²) in [6, 6.07) is 9.31. The number of likely N-dealkylation sites (tertiary alicyclic amines) is 1. The van der Waals surface area contributed by atoms with Crippen LogP contribution in [0, 0.1) is 13.8 Å². The SMILES string of the molecule is CCn1nc(C)cc1C(=O)Nc1nc2cc(C(N)=O)cc(OCCCNC(=O)CN3CCCC3)c2n1CCC[C@H]1COc2cc(C(N)=O)cc3nc(NC(=O)c4cc(C)nn4CC)n1c23. The number of amides is 5. The van der Waals surface area contributed by atoms with Crippen LogP contribution in [-0.4, -0.2) is 112 Å². The molecule has 0 saturated carbocycles. The molecule has 2 aliphatic heterocycles. The molecule has 1 atom stereocenters. The van der Waals surface area contributed by atoms with E-state index >= 15 is 0 Å². The van der Waals surface area contributed by atoms with Crippen LogP contribution in [-0.2, 0) is 24.4 Å². The van der Waals surface area contributed by atoms with E-state index in [4.69, 9.17) is 30.9 Å². The molecular weight excluding hydrogens is 837 g/mol. The van der Waals surface area contributed by atoms with Crippen LogP contribution < -0.4 is 36.9 Å². The van der Waals surface area contributed by atoms with Gasteiger partial charge in [-0.05, 0) is 109 Å². The number of aromatic nitrogens is 8. The molecule has 65 heavy (non-hydrogen) atoms. The second kappa shape index (κ2) is 18.8. The van der Waals surface area contributed by atoms with Gasteiger partial charge in [-0.3, -0.25) is 48.9 Å². The molecule has 0 unspecified atom stereocenters. The van der Waals surface area contributed by atoms with Gasteiger partial charge in [-0.15, -0.1) is 0 Å². The number of hydrogen-bond acceptors (Lipinski definition) is 12. The van der Waals surface area contributed by atoms with E-state index in [1.807, 2.05) is 36.8 Å². The third-order valence-corrected chi connectivity index (χ3v) is 11.6. The Labute approximate surface area is 373 Å². The summed E-state index contributed by atoms with van der Waals surface area (Å²) in [6.45, 7) is 11.6. The van der Waals surface area contributed by atoms with Gasteiger partial charge in [-0.2, -0.15) is 10.2 Å². The van der Waals surface area contributed by atoms with Gasteiger partial charge in [-0.25, -0.2) is 9.97 Å². The minimum absolute atomic E-state index is 0.0460. The second-order valence-electron chi connectivity index (χ2n) is 16.3. The van der Waals surface area contributed by atoms with Crippen LogP contribution in [0.25, 0.3) is 22.1 Å². The predicted octanol–water partition coefficient (Wildman–Crippen LogP) is 3.53. The topological polar surface area (TPSA) is 266 Å². The number of aryl methyl sites for hydroxylation is 5. The van der Waals surface area contributed by atoms with Crippen LogP contribution >= 0.6 is 0 Å². The molecule has 0 radical (unpaired) electrons. The Morgan fingerprint density at radius 3 is 2.02 bits per heavy atom. The number of hydrogen-bond donors (Lipinski definition) is 5. The zero-order valence-corrected chi connectivity index (χ0v) is 37.0. The third-order valence-electron chi connectivity index (χ3n) is 11.6. The molecule has 0 spiro atoms. The Kier molecular flexibility index (Phi) is 12.8. The third kappa shape index (κ3) is 9.35.